The Bertz CT molecular complexity index is 655. The molecular formula is C26H41ClO4. The number of halogens is 1. The van der Waals surface area contributed by atoms with Gasteiger partial charge < -0.3 is 9.47 Å². The zero-order valence-electron chi connectivity index (χ0n) is 19.9. The number of hydrogen-bond acceptors (Lipinski definition) is 4. The maximum Gasteiger partial charge on any atom is 0.339 e. The van der Waals surface area contributed by atoms with Crippen LogP contribution in [-0.2, 0) is 9.47 Å². The third-order valence-electron chi connectivity index (χ3n) is 5.24. The first-order chi connectivity index (χ1) is 14.8. The monoisotopic (exact) mass is 452 g/mol. The van der Waals surface area contributed by atoms with E-state index in [4.69, 9.17) is 21.1 Å². The van der Waals surface area contributed by atoms with E-state index in [1.807, 2.05) is 0 Å². The minimum Gasteiger partial charge on any atom is -0.462 e. The fraction of sp³-hybridized carbons (Fsp3) is 0.692. The molecule has 1 aromatic rings. The number of hydrogen-bond donors (Lipinski definition) is 0. The predicted octanol–water partition coefficient (Wildman–Crippen LogP) is 7.87. The Hall–Kier alpha value is -1.55. The molecule has 0 aromatic heterocycles. The maximum absolute atomic E-state index is 12.5. The lowest BCUT2D eigenvalue weighted by Gasteiger charge is -2.11. The summed E-state index contributed by atoms with van der Waals surface area (Å²) in [7, 11) is 0. The van der Waals surface area contributed by atoms with E-state index < -0.39 is 11.9 Å². The minimum atomic E-state index is -0.523. The van der Waals surface area contributed by atoms with Crippen LogP contribution >= 0.6 is 11.6 Å². The molecular weight excluding hydrogens is 412 g/mol. The zero-order chi connectivity index (χ0) is 23.1. The molecule has 0 bridgehead atoms. The van der Waals surface area contributed by atoms with Crippen LogP contribution in [0.5, 0.6) is 0 Å². The van der Waals surface area contributed by atoms with Crippen LogP contribution < -0.4 is 0 Å². The topological polar surface area (TPSA) is 52.6 Å². The second kappa shape index (κ2) is 16.1. The van der Waals surface area contributed by atoms with Gasteiger partial charge in [-0.2, -0.15) is 0 Å². The number of esters is 2. The molecule has 5 heteroatoms. The van der Waals surface area contributed by atoms with E-state index in [1.165, 1.54) is 37.8 Å². The molecule has 1 aromatic carbocycles. The summed E-state index contributed by atoms with van der Waals surface area (Å²) in [5.41, 5.74) is 0.389. The molecule has 0 heterocycles. The predicted molar refractivity (Wildman–Crippen MR) is 128 cm³/mol. The number of rotatable bonds is 16. The van der Waals surface area contributed by atoms with Gasteiger partial charge in [0.05, 0.1) is 24.3 Å². The highest BCUT2D eigenvalue weighted by atomic mass is 35.5. The van der Waals surface area contributed by atoms with Crippen molar-refractivity contribution < 1.29 is 19.1 Å². The van der Waals surface area contributed by atoms with Gasteiger partial charge in [0.15, 0.2) is 0 Å². The van der Waals surface area contributed by atoms with Gasteiger partial charge in [-0.3, -0.25) is 0 Å². The second-order valence-corrected chi connectivity index (χ2v) is 9.59. The molecule has 0 aliphatic carbocycles. The Morgan fingerprint density at radius 3 is 1.65 bits per heavy atom. The van der Waals surface area contributed by atoms with Gasteiger partial charge in [0.2, 0.25) is 0 Å². The Kier molecular flexibility index (Phi) is 14.3. The van der Waals surface area contributed by atoms with E-state index in [0.717, 1.165) is 50.4 Å². The van der Waals surface area contributed by atoms with Crippen LogP contribution in [0, 0.1) is 11.8 Å². The minimum absolute atomic E-state index is 0.175. The standard InChI is InChI=1S/C26H41ClO4/c1-20(2)13-9-5-7-11-17-30-25(28)23-16-15-22(27)19-24(23)26(29)31-18-12-8-6-10-14-21(3)4/h15-16,19-21H,5-14,17-18H2,1-4H3. The molecule has 0 aliphatic rings. The van der Waals surface area contributed by atoms with Crippen molar-refractivity contribution in [1.82, 2.24) is 0 Å². The second-order valence-electron chi connectivity index (χ2n) is 9.16. The van der Waals surface area contributed by atoms with Crippen LogP contribution in [-0.4, -0.2) is 25.2 Å². The number of carbonyl (C=O) groups excluding carboxylic acids is 2. The van der Waals surface area contributed by atoms with Crippen molar-refractivity contribution in [2.24, 2.45) is 11.8 Å². The summed E-state index contributed by atoms with van der Waals surface area (Å²) >= 11 is 6.05. The van der Waals surface area contributed by atoms with E-state index in [9.17, 15) is 9.59 Å². The Morgan fingerprint density at radius 2 is 1.16 bits per heavy atom. The largest absolute Gasteiger partial charge is 0.462 e. The van der Waals surface area contributed by atoms with Crippen LogP contribution in [0.1, 0.15) is 113 Å². The average molecular weight is 453 g/mol. The van der Waals surface area contributed by atoms with Crippen molar-refractivity contribution in [2.75, 3.05) is 13.2 Å². The molecule has 31 heavy (non-hydrogen) atoms. The van der Waals surface area contributed by atoms with Gasteiger partial charge in [0, 0.05) is 5.02 Å². The lowest BCUT2D eigenvalue weighted by molar-refractivity contribution is 0.0450. The van der Waals surface area contributed by atoms with E-state index in [2.05, 4.69) is 27.7 Å². The first kappa shape index (κ1) is 27.5. The highest BCUT2D eigenvalue weighted by molar-refractivity contribution is 6.31. The van der Waals surface area contributed by atoms with Gasteiger partial charge >= 0.3 is 11.9 Å². The summed E-state index contributed by atoms with van der Waals surface area (Å²) in [4.78, 5) is 25.0. The maximum atomic E-state index is 12.5. The molecule has 0 spiro atoms. The summed E-state index contributed by atoms with van der Waals surface area (Å²) in [6.07, 6.45) is 10.9. The average Bonchev–Trinajstić information content (AvgIpc) is 2.71. The van der Waals surface area contributed by atoms with Crippen molar-refractivity contribution in [2.45, 2.75) is 91.9 Å². The molecule has 0 saturated heterocycles. The van der Waals surface area contributed by atoms with E-state index >= 15 is 0 Å². The summed E-state index contributed by atoms with van der Waals surface area (Å²) in [5, 5.41) is 0.391. The van der Waals surface area contributed by atoms with Gasteiger partial charge in [0.1, 0.15) is 0 Å². The molecule has 0 saturated carbocycles. The Morgan fingerprint density at radius 1 is 0.710 bits per heavy atom. The number of unbranched alkanes of at least 4 members (excludes halogenated alkanes) is 6. The normalized spacial score (nSPS) is 11.2. The molecule has 4 nitrogen and oxygen atoms in total. The fourth-order valence-corrected chi connectivity index (χ4v) is 3.54. The molecule has 0 radical (unpaired) electrons. The molecule has 0 unspecified atom stereocenters. The van der Waals surface area contributed by atoms with Crippen molar-refractivity contribution in [1.29, 1.82) is 0 Å². The molecule has 0 N–H and O–H groups in total. The highest BCUT2D eigenvalue weighted by Crippen LogP contribution is 2.19. The lowest BCUT2D eigenvalue weighted by Crippen LogP contribution is -2.15. The van der Waals surface area contributed by atoms with Crippen molar-refractivity contribution in [3.05, 3.63) is 34.3 Å². The van der Waals surface area contributed by atoms with Crippen LogP contribution in [0.4, 0.5) is 0 Å². The highest BCUT2D eigenvalue weighted by Gasteiger charge is 2.20. The van der Waals surface area contributed by atoms with Gasteiger partial charge in [-0.25, -0.2) is 9.59 Å². The first-order valence-corrected chi connectivity index (χ1v) is 12.3. The molecule has 0 fully saturated rings. The zero-order valence-corrected chi connectivity index (χ0v) is 20.6. The van der Waals surface area contributed by atoms with Crippen molar-refractivity contribution in [3.63, 3.8) is 0 Å². The molecule has 176 valence electrons. The summed E-state index contributed by atoms with van der Waals surface area (Å²) in [5.74, 6) is 0.430. The van der Waals surface area contributed by atoms with Crippen molar-refractivity contribution in [3.8, 4) is 0 Å². The number of carbonyl (C=O) groups is 2. The molecule has 0 aliphatic heterocycles. The third kappa shape index (κ3) is 12.8. The summed E-state index contributed by atoms with van der Waals surface area (Å²) < 4.78 is 10.8. The van der Waals surface area contributed by atoms with Gasteiger partial charge in [-0.05, 0) is 42.9 Å². The van der Waals surface area contributed by atoms with Crippen LogP contribution in [0.15, 0.2) is 18.2 Å². The van der Waals surface area contributed by atoms with Crippen LogP contribution in [0.3, 0.4) is 0 Å². The Labute approximate surface area is 194 Å². The van der Waals surface area contributed by atoms with Gasteiger partial charge in [0.25, 0.3) is 0 Å². The fourth-order valence-electron chi connectivity index (χ4n) is 3.36. The quantitative estimate of drug-likeness (QED) is 0.189. The van der Waals surface area contributed by atoms with E-state index in [-0.39, 0.29) is 11.1 Å². The SMILES string of the molecule is CC(C)CCCCCCOC(=O)c1ccc(Cl)cc1C(=O)OCCCCCCC(C)C. The Balaban J connectivity index is 2.41. The molecule has 0 amide bonds. The van der Waals surface area contributed by atoms with Crippen LogP contribution in [0.25, 0.3) is 0 Å². The summed E-state index contributed by atoms with van der Waals surface area (Å²) in [6, 6.07) is 4.61. The van der Waals surface area contributed by atoms with Crippen molar-refractivity contribution >= 4 is 23.5 Å². The number of benzene rings is 1. The van der Waals surface area contributed by atoms with Gasteiger partial charge in [-0.15, -0.1) is 0 Å². The van der Waals surface area contributed by atoms with E-state index in [1.54, 1.807) is 6.07 Å². The molecule has 1 rings (SSSR count). The van der Waals surface area contributed by atoms with Crippen LogP contribution in [0.2, 0.25) is 5.02 Å². The summed E-state index contributed by atoms with van der Waals surface area (Å²) in [6.45, 7) is 9.60. The van der Waals surface area contributed by atoms with E-state index in [0.29, 0.717) is 18.2 Å². The van der Waals surface area contributed by atoms with Gasteiger partial charge in [-0.1, -0.05) is 90.7 Å². The number of ether oxygens (including phenoxy) is 2. The third-order valence-corrected chi connectivity index (χ3v) is 5.47. The molecule has 0 atom stereocenters. The lowest BCUT2D eigenvalue weighted by atomic mass is 10.0. The first-order valence-electron chi connectivity index (χ1n) is 11.9. The smallest absolute Gasteiger partial charge is 0.339 e.